The van der Waals surface area contributed by atoms with Crippen molar-refractivity contribution in [3.63, 3.8) is 0 Å². The first kappa shape index (κ1) is 19.2. The molecule has 0 fully saturated rings. The molecule has 3 amide bonds. The summed E-state index contributed by atoms with van der Waals surface area (Å²) in [5.41, 5.74) is 6.61. The summed E-state index contributed by atoms with van der Waals surface area (Å²) in [4.78, 5) is 23.3. The van der Waals surface area contributed by atoms with Crippen LogP contribution in [0.3, 0.4) is 0 Å². The molecule has 0 radical (unpaired) electrons. The van der Waals surface area contributed by atoms with Crippen LogP contribution in [0, 0.1) is 0 Å². The van der Waals surface area contributed by atoms with E-state index < -0.39 is 0 Å². The molecule has 1 atom stereocenters. The van der Waals surface area contributed by atoms with Gasteiger partial charge in [-0.15, -0.1) is 12.4 Å². The molecule has 0 aromatic heterocycles. The monoisotopic (exact) mass is 314 g/mol. The molecule has 118 valence electrons. The Balaban J connectivity index is 0.00000400. The first-order chi connectivity index (χ1) is 9.42. The molecule has 0 aliphatic rings. The molecule has 0 aliphatic carbocycles. The summed E-state index contributed by atoms with van der Waals surface area (Å²) >= 11 is 0. The second-order valence-electron chi connectivity index (χ2n) is 4.94. The number of rotatable bonds is 5. The third kappa shape index (κ3) is 6.97. The zero-order chi connectivity index (χ0) is 15.1. The number of urea groups is 1. The van der Waals surface area contributed by atoms with E-state index in [-0.39, 0.29) is 36.4 Å². The second-order valence-corrected chi connectivity index (χ2v) is 4.94. The summed E-state index contributed by atoms with van der Waals surface area (Å²) < 4.78 is 0. The second kappa shape index (κ2) is 9.20. The molecular weight excluding hydrogens is 292 g/mol. The van der Waals surface area contributed by atoms with Gasteiger partial charge in [0.15, 0.2) is 0 Å². The Hall–Kier alpha value is -1.79. The SMILES string of the molecule is CC(C)NC(=O)Nc1ccc(C(=O)N[C@@H](C)CN)cc1.Cl. The molecule has 0 spiro atoms. The standard InChI is InChI=1S/C14H22N4O2.ClH/c1-9(2)16-14(20)18-12-6-4-11(5-7-12)13(19)17-10(3)8-15;/h4-7,9-10H,8,15H2,1-3H3,(H,17,19)(H2,16,18,20);1H/t10-;/m0./s1. The quantitative estimate of drug-likeness (QED) is 0.666. The number of nitrogens with two attached hydrogens (primary N) is 1. The fourth-order valence-electron chi connectivity index (χ4n) is 1.50. The number of hydrogen-bond acceptors (Lipinski definition) is 3. The Morgan fingerprint density at radius 1 is 1.10 bits per heavy atom. The van der Waals surface area contributed by atoms with Gasteiger partial charge in [0.1, 0.15) is 0 Å². The average molecular weight is 315 g/mol. The molecule has 0 bridgehead atoms. The smallest absolute Gasteiger partial charge is 0.319 e. The number of carbonyl (C=O) groups is 2. The lowest BCUT2D eigenvalue weighted by atomic mass is 10.2. The minimum absolute atomic E-state index is 0. The molecule has 1 aromatic carbocycles. The first-order valence-electron chi connectivity index (χ1n) is 6.61. The van der Waals surface area contributed by atoms with Gasteiger partial charge >= 0.3 is 6.03 Å². The maximum atomic E-state index is 11.8. The topological polar surface area (TPSA) is 96.2 Å². The molecule has 5 N–H and O–H groups in total. The minimum Gasteiger partial charge on any atom is -0.348 e. The van der Waals surface area contributed by atoms with Crippen molar-refractivity contribution >= 4 is 30.0 Å². The van der Waals surface area contributed by atoms with Crippen molar-refractivity contribution in [2.24, 2.45) is 5.73 Å². The zero-order valence-electron chi connectivity index (χ0n) is 12.5. The van der Waals surface area contributed by atoms with Crippen molar-refractivity contribution in [2.75, 3.05) is 11.9 Å². The van der Waals surface area contributed by atoms with Crippen LogP contribution in [0.5, 0.6) is 0 Å². The van der Waals surface area contributed by atoms with Crippen LogP contribution in [0.1, 0.15) is 31.1 Å². The summed E-state index contributed by atoms with van der Waals surface area (Å²) in [5, 5.41) is 8.18. The number of carbonyl (C=O) groups excluding carboxylic acids is 2. The summed E-state index contributed by atoms with van der Waals surface area (Å²) in [6.07, 6.45) is 0. The fraction of sp³-hybridized carbons (Fsp3) is 0.429. The normalized spacial score (nSPS) is 11.3. The van der Waals surface area contributed by atoms with E-state index in [0.717, 1.165) is 0 Å². The highest BCUT2D eigenvalue weighted by atomic mass is 35.5. The van der Waals surface area contributed by atoms with E-state index in [9.17, 15) is 9.59 Å². The van der Waals surface area contributed by atoms with Crippen molar-refractivity contribution in [1.29, 1.82) is 0 Å². The highest BCUT2D eigenvalue weighted by molar-refractivity contribution is 5.95. The third-order valence-corrected chi connectivity index (χ3v) is 2.56. The Morgan fingerprint density at radius 2 is 1.67 bits per heavy atom. The highest BCUT2D eigenvalue weighted by Gasteiger charge is 2.09. The fourth-order valence-corrected chi connectivity index (χ4v) is 1.50. The van der Waals surface area contributed by atoms with Gasteiger partial charge in [0.2, 0.25) is 0 Å². The van der Waals surface area contributed by atoms with E-state index in [2.05, 4.69) is 16.0 Å². The lowest BCUT2D eigenvalue weighted by Gasteiger charge is -2.12. The molecule has 0 saturated heterocycles. The number of amides is 3. The van der Waals surface area contributed by atoms with Crippen LogP contribution < -0.4 is 21.7 Å². The van der Waals surface area contributed by atoms with E-state index in [0.29, 0.717) is 17.8 Å². The summed E-state index contributed by atoms with van der Waals surface area (Å²) in [6.45, 7) is 5.99. The molecule has 7 heteroatoms. The van der Waals surface area contributed by atoms with Gasteiger partial charge in [-0.1, -0.05) is 0 Å². The van der Waals surface area contributed by atoms with Crippen LogP contribution in [0.15, 0.2) is 24.3 Å². The lowest BCUT2D eigenvalue weighted by molar-refractivity contribution is 0.0941. The Bertz CT molecular complexity index is 463. The van der Waals surface area contributed by atoms with E-state index in [1.165, 1.54) is 0 Å². The van der Waals surface area contributed by atoms with Crippen molar-refractivity contribution < 1.29 is 9.59 Å². The number of anilines is 1. The largest absolute Gasteiger partial charge is 0.348 e. The lowest BCUT2D eigenvalue weighted by Crippen LogP contribution is -2.37. The van der Waals surface area contributed by atoms with Crippen LogP contribution in [-0.2, 0) is 0 Å². The highest BCUT2D eigenvalue weighted by Crippen LogP contribution is 2.09. The van der Waals surface area contributed by atoms with Crippen LogP contribution in [-0.4, -0.2) is 30.6 Å². The van der Waals surface area contributed by atoms with Crippen molar-refractivity contribution in [2.45, 2.75) is 32.9 Å². The summed E-state index contributed by atoms with van der Waals surface area (Å²) in [7, 11) is 0. The van der Waals surface area contributed by atoms with Gasteiger partial charge < -0.3 is 21.7 Å². The van der Waals surface area contributed by atoms with Crippen LogP contribution in [0.4, 0.5) is 10.5 Å². The van der Waals surface area contributed by atoms with Gasteiger partial charge in [-0.05, 0) is 45.0 Å². The molecule has 0 unspecified atom stereocenters. The van der Waals surface area contributed by atoms with Gasteiger partial charge in [0, 0.05) is 29.9 Å². The number of halogens is 1. The van der Waals surface area contributed by atoms with Gasteiger partial charge in [-0.2, -0.15) is 0 Å². The van der Waals surface area contributed by atoms with Gasteiger partial charge in [0.05, 0.1) is 0 Å². The molecule has 0 heterocycles. The van der Waals surface area contributed by atoms with Crippen molar-refractivity contribution in [1.82, 2.24) is 10.6 Å². The summed E-state index contributed by atoms with van der Waals surface area (Å²) in [5.74, 6) is -0.180. The first-order valence-corrected chi connectivity index (χ1v) is 6.61. The van der Waals surface area contributed by atoms with E-state index in [1.54, 1.807) is 24.3 Å². The van der Waals surface area contributed by atoms with Gasteiger partial charge in [-0.25, -0.2) is 4.79 Å². The van der Waals surface area contributed by atoms with Crippen LogP contribution in [0.25, 0.3) is 0 Å². The predicted octanol–water partition coefficient (Wildman–Crippen LogP) is 1.72. The Kier molecular flexibility index (Phi) is 8.42. The van der Waals surface area contributed by atoms with E-state index in [1.807, 2.05) is 20.8 Å². The van der Waals surface area contributed by atoms with Crippen molar-refractivity contribution in [3.05, 3.63) is 29.8 Å². The van der Waals surface area contributed by atoms with Gasteiger partial charge in [0.25, 0.3) is 5.91 Å². The molecule has 21 heavy (non-hydrogen) atoms. The summed E-state index contributed by atoms with van der Waals surface area (Å²) in [6, 6.07) is 6.40. The van der Waals surface area contributed by atoms with Crippen molar-refractivity contribution in [3.8, 4) is 0 Å². The van der Waals surface area contributed by atoms with E-state index in [4.69, 9.17) is 5.73 Å². The third-order valence-electron chi connectivity index (χ3n) is 2.56. The van der Waals surface area contributed by atoms with Crippen LogP contribution in [0.2, 0.25) is 0 Å². The molecule has 0 aliphatic heterocycles. The Labute approximate surface area is 131 Å². The maximum Gasteiger partial charge on any atom is 0.319 e. The molecule has 1 rings (SSSR count). The van der Waals surface area contributed by atoms with Gasteiger partial charge in [-0.3, -0.25) is 4.79 Å². The van der Waals surface area contributed by atoms with Crippen LogP contribution >= 0.6 is 12.4 Å². The molecular formula is C14H23ClN4O2. The number of nitrogens with one attached hydrogen (secondary N) is 3. The predicted molar refractivity (Wildman–Crippen MR) is 87.0 cm³/mol. The molecule has 0 saturated carbocycles. The molecule has 1 aromatic rings. The average Bonchev–Trinajstić information content (AvgIpc) is 2.38. The zero-order valence-corrected chi connectivity index (χ0v) is 13.3. The number of hydrogen-bond donors (Lipinski definition) is 4. The minimum atomic E-state index is -0.269. The van der Waals surface area contributed by atoms with E-state index >= 15 is 0 Å². The maximum absolute atomic E-state index is 11.8. The molecule has 6 nitrogen and oxygen atoms in total. The Morgan fingerprint density at radius 3 is 2.14 bits per heavy atom. The number of benzene rings is 1.